The zero-order chi connectivity index (χ0) is 21.0. The molecule has 2 aromatic carbocycles. The first-order chi connectivity index (χ1) is 13.8. The van der Waals surface area contributed by atoms with Gasteiger partial charge in [0.1, 0.15) is 0 Å². The van der Waals surface area contributed by atoms with Crippen LogP contribution in [0.15, 0.2) is 41.3 Å². The average Bonchev–Trinajstić information content (AvgIpc) is 2.68. The van der Waals surface area contributed by atoms with Crippen molar-refractivity contribution in [3.05, 3.63) is 63.1 Å². The van der Waals surface area contributed by atoms with Crippen LogP contribution in [0.1, 0.15) is 29.0 Å². The Hall–Kier alpha value is -1.15. The highest BCUT2D eigenvalue weighted by Crippen LogP contribution is 2.38. The number of rotatable bonds is 8. The fraction of sp³-hybridized carbons (Fsp3) is 0.429. The Balaban J connectivity index is 1.87. The Bertz CT molecular complexity index is 965. The lowest BCUT2D eigenvalue weighted by molar-refractivity contribution is 0.0931. The van der Waals surface area contributed by atoms with Gasteiger partial charge in [0.15, 0.2) is 9.84 Å². The van der Waals surface area contributed by atoms with E-state index in [9.17, 15) is 8.42 Å². The first-order valence-corrected chi connectivity index (χ1v) is 11.9. The van der Waals surface area contributed by atoms with E-state index in [0.29, 0.717) is 28.0 Å². The molecule has 1 N–H and O–H groups in total. The van der Waals surface area contributed by atoms with Gasteiger partial charge in [-0.05, 0) is 54.4 Å². The van der Waals surface area contributed by atoms with Gasteiger partial charge in [0.05, 0.1) is 23.9 Å². The van der Waals surface area contributed by atoms with E-state index >= 15 is 0 Å². The lowest BCUT2D eigenvalue weighted by Gasteiger charge is -2.33. The average molecular weight is 458 g/mol. The van der Waals surface area contributed by atoms with E-state index in [4.69, 9.17) is 33.0 Å². The van der Waals surface area contributed by atoms with Gasteiger partial charge >= 0.3 is 0 Å². The third-order valence-electron chi connectivity index (χ3n) is 5.05. The van der Waals surface area contributed by atoms with Gasteiger partial charge in [0.25, 0.3) is 0 Å². The van der Waals surface area contributed by atoms with Crippen molar-refractivity contribution in [1.82, 2.24) is 4.90 Å². The summed E-state index contributed by atoms with van der Waals surface area (Å²) in [5.41, 5.74) is 3.00. The standard InChI is InChI=1S/C21H25Cl2NO4S/c1-24-13-19(18-11-16(22)12-21(23)20(18)14-24)15-4-2-5-17(10-15)29(26,27)9-3-7-28-8-6-25/h2,4-5,10-12,19,25H,3,6-9,13-14H2,1H3. The molecule has 0 aliphatic carbocycles. The van der Waals surface area contributed by atoms with E-state index < -0.39 is 9.84 Å². The first kappa shape index (κ1) is 22.5. The summed E-state index contributed by atoms with van der Waals surface area (Å²) in [5.74, 6) is -0.0104. The minimum Gasteiger partial charge on any atom is -0.394 e. The summed E-state index contributed by atoms with van der Waals surface area (Å²) in [5, 5.41) is 9.93. The van der Waals surface area contributed by atoms with Gasteiger partial charge in [-0.25, -0.2) is 8.42 Å². The maximum absolute atomic E-state index is 12.8. The Labute approximate surface area is 182 Å². The van der Waals surface area contributed by atoms with E-state index in [1.807, 2.05) is 19.2 Å². The van der Waals surface area contributed by atoms with Crippen LogP contribution in [0.4, 0.5) is 0 Å². The van der Waals surface area contributed by atoms with E-state index in [2.05, 4.69) is 4.90 Å². The molecule has 2 aromatic rings. The second-order valence-electron chi connectivity index (χ2n) is 7.29. The highest BCUT2D eigenvalue weighted by molar-refractivity contribution is 7.91. The van der Waals surface area contributed by atoms with Crippen LogP contribution in [0.2, 0.25) is 10.0 Å². The van der Waals surface area contributed by atoms with Crippen molar-refractivity contribution in [3.63, 3.8) is 0 Å². The van der Waals surface area contributed by atoms with Gasteiger partial charge in [-0.15, -0.1) is 0 Å². The molecule has 0 saturated heterocycles. The summed E-state index contributed by atoms with van der Waals surface area (Å²) < 4.78 is 30.7. The molecule has 0 radical (unpaired) electrons. The van der Waals surface area contributed by atoms with Crippen molar-refractivity contribution < 1.29 is 18.3 Å². The summed E-state index contributed by atoms with van der Waals surface area (Å²) in [7, 11) is -1.40. The van der Waals surface area contributed by atoms with Crippen molar-refractivity contribution in [3.8, 4) is 0 Å². The van der Waals surface area contributed by atoms with Crippen molar-refractivity contribution in [1.29, 1.82) is 0 Å². The van der Waals surface area contributed by atoms with Gasteiger partial charge in [-0.1, -0.05) is 35.3 Å². The van der Waals surface area contributed by atoms with Crippen LogP contribution >= 0.6 is 23.2 Å². The number of aliphatic hydroxyl groups excluding tert-OH is 1. The number of fused-ring (bicyclic) bond motifs is 1. The summed E-state index contributed by atoms with van der Waals surface area (Å²) in [6.07, 6.45) is 0.382. The second kappa shape index (κ2) is 9.77. The number of hydrogen-bond acceptors (Lipinski definition) is 5. The zero-order valence-corrected chi connectivity index (χ0v) is 18.6. The van der Waals surface area contributed by atoms with Crippen LogP contribution in [0, 0.1) is 0 Å². The first-order valence-electron chi connectivity index (χ1n) is 9.49. The molecule has 1 unspecified atom stereocenters. The lowest BCUT2D eigenvalue weighted by atomic mass is 9.85. The summed E-state index contributed by atoms with van der Waals surface area (Å²) in [6, 6.07) is 10.8. The lowest BCUT2D eigenvalue weighted by Crippen LogP contribution is -2.31. The molecule has 0 saturated carbocycles. The van der Waals surface area contributed by atoms with Crippen LogP contribution in [-0.4, -0.2) is 57.6 Å². The highest BCUT2D eigenvalue weighted by Gasteiger charge is 2.28. The normalized spacial score (nSPS) is 17.3. The Morgan fingerprint density at radius 2 is 2.00 bits per heavy atom. The molecule has 5 nitrogen and oxygen atoms in total. The minimum absolute atomic E-state index is 0.000689. The molecule has 1 atom stereocenters. The van der Waals surface area contributed by atoms with Crippen LogP contribution in [0.3, 0.4) is 0 Å². The number of hydrogen-bond donors (Lipinski definition) is 1. The molecule has 1 heterocycles. The van der Waals surface area contributed by atoms with Gasteiger partial charge in [-0.2, -0.15) is 0 Å². The third kappa shape index (κ3) is 5.51. The number of likely N-dealkylation sites (N-methyl/N-ethyl adjacent to an activating group) is 1. The smallest absolute Gasteiger partial charge is 0.178 e. The molecule has 29 heavy (non-hydrogen) atoms. The maximum Gasteiger partial charge on any atom is 0.178 e. The zero-order valence-electron chi connectivity index (χ0n) is 16.3. The van der Waals surface area contributed by atoms with Crippen molar-refractivity contribution in [2.24, 2.45) is 0 Å². The minimum atomic E-state index is -3.42. The van der Waals surface area contributed by atoms with Gasteiger partial charge in [0.2, 0.25) is 0 Å². The Morgan fingerprint density at radius 1 is 1.21 bits per heavy atom. The highest BCUT2D eigenvalue weighted by atomic mass is 35.5. The molecule has 0 spiro atoms. The fourth-order valence-corrected chi connectivity index (χ4v) is 5.59. The third-order valence-corrected chi connectivity index (χ3v) is 7.40. The monoisotopic (exact) mass is 457 g/mol. The molecule has 158 valence electrons. The quantitative estimate of drug-likeness (QED) is 0.611. The number of benzene rings is 2. The van der Waals surface area contributed by atoms with Crippen molar-refractivity contribution >= 4 is 33.0 Å². The number of sulfone groups is 1. The summed E-state index contributed by atoms with van der Waals surface area (Å²) in [6.45, 7) is 1.93. The SMILES string of the molecule is CN1Cc2c(Cl)cc(Cl)cc2C(c2cccc(S(=O)(=O)CCCOCCO)c2)C1. The van der Waals surface area contributed by atoms with Crippen LogP contribution in [0.25, 0.3) is 0 Å². The van der Waals surface area contributed by atoms with Crippen molar-refractivity contribution in [2.45, 2.75) is 23.8 Å². The van der Waals surface area contributed by atoms with E-state index in [-0.39, 0.29) is 24.9 Å². The van der Waals surface area contributed by atoms with Gasteiger partial charge in [0, 0.05) is 35.7 Å². The van der Waals surface area contributed by atoms with Gasteiger partial charge in [-0.3, -0.25) is 0 Å². The number of aliphatic hydroxyl groups is 1. The van der Waals surface area contributed by atoms with E-state index in [1.54, 1.807) is 24.3 Å². The molecule has 3 rings (SSSR count). The maximum atomic E-state index is 12.8. The van der Waals surface area contributed by atoms with Crippen LogP contribution in [0.5, 0.6) is 0 Å². The van der Waals surface area contributed by atoms with Crippen molar-refractivity contribution in [2.75, 3.05) is 39.2 Å². The molecule has 0 fully saturated rings. The Morgan fingerprint density at radius 3 is 2.76 bits per heavy atom. The molecule has 1 aliphatic heterocycles. The Kier molecular flexibility index (Phi) is 7.59. The number of nitrogens with zero attached hydrogens (tertiary/aromatic N) is 1. The molecule has 0 bridgehead atoms. The summed E-state index contributed by atoms with van der Waals surface area (Å²) >= 11 is 12.7. The topological polar surface area (TPSA) is 66.8 Å². The summed E-state index contributed by atoms with van der Waals surface area (Å²) in [4.78, 5) is 2.48. The van der Waals surface area contributed by atoms with Crippen LogP contribution in [-0.2, 0) is 21.1 Å². The van der Waals surface area contributed by atoms with E-state index in [1.165, 1.54) is 0 Å². The molecule has 0 aromatic heterocycles. The predicted molar refractivity (Wildman–Crippen MR) is 116 cm³/mol. The molecular weight excluding hydrogens is 433 g/mol. The molecule has 0 amide bonds. The van der Waals surface area contributed by atoms with Gasteiger partial charge < -0.3 is 14.7 Å². The number of ether oxygens (including phenoxy) is 1. The van der Waals surface area contributed by atoms with E-state index in [0.717, 1.165) is 29.8 Å². The predicted octanol–water partition coefficient (Wildman–Crippen LogP) is 3.74. The second-order valence-corrected chi connectivity index (χ2v) is 10.2. The molecule has 8 heteroatoms. The fourth-order valence-electron chi connectivity index (χ4n) is 3.69. The van der Waals surface area contributed by atoms with Crippen LogP contribution < -0.4 is 0 Å². The number of halogens is 2. The largest absolute Gasteiger partial charge is 0.394 e. The molecular formula is C21H25Cl2NO4S. The molecule has 1 aliphatic rings.